The summed E-state index contributed by atoms with van der Waals surface area (Å²) in [6, 6.07) is 17.8. The number of nitrogens with zero attached hydrogens (tertiary/aromatic N) is 2. The van der Waals surface area contributed by atoms with Crippen molar-refractivity contribution in [3.8, 4) is 11.4 Å². The van der Waals surface area contributed by atoms with E-state index in [1.54, 1.807) is 0 Å². The van der Waals surface area contributed by atoms with Crippen LogP contribution < -0.4 is 0 Å². The van der Waals surface area contributed by atoms with Crippen molar-refractivity contribution in [2.24, 2.45) is 0 Å². The van der Waals surface area contributed by atoms with Crippen LogP contribution >= 0.6 is 11.8 Å². The number of unbranched alkanes of at least 4 members (excludes halogenated alkanes) is 2. The third-order valence-corrected chi connectivity index (χ3v) is 5.04. The number of carbonyl (C=O) groups excluding carboxylic acids is 1. The van der Waals surface area contributed by atoms with Crippen LogP contribution in [0.1, 0.15) is 42.1 Å². The van der Waals surface area contributed by atoms with Gasteiger partial charge in [-0.3, -0.25) is 9.89 Å². The van der Waals surface area contributed by atoms with Crippen molar-refractivity contribution in [1.82, 2.24) is 15.2 Å². The third kappa shape index (κ3) is 5.05. The molecule has 1 N–H and O–H groups in total. The number of aromatic nitrogens is 3. The van der Waals surface area contributed by atoms with Gasteiger partial charge in [-0.1, -0.05) is 86.1 Å². The Morgan fingerprint density at radius 2 is 1.81 bits per heavy atom. The summed E-state index contributed by atoms with van der Waals surface area (Å²) in [4.78, 5) is 16.6. The lowest BCUT2D eigenvalue weighted by Gasteiger charge is -2.02. The number of nitrogens with one attached hydrogen (secondary N) is 1. The fourth-order valence-corrected chi connectivity index (χ4v) is 3.38. The molecule has 1 aromatic heterocycles. The molecular weight excluding hydrogens is 342 g/mol. The first kappa shape index (κ1) is 18.4. The number of aryl methyl sites for hydroxylation is 1. The third-order valence-electron chi connectivity index (χ3n) is 4.19. The highest BCUT2D eigenvalue weighted by Crippen LogP contribution is 2.21. The maximum Gasteiger partial charge on any atom is 0.209 e. The summed E-state index contributed by atoms with van der Waals surface area (Å²) in [5.74, 6) is 1.15. The first-order valence-corrected chi connectivity index (χ1v) is 9.97. The van der Waals surface area contributed by atoms with Crippen molar-refractivity contribution in [2.45, 2.75) is 37.8 Å². The van der Waals surface area contributed by atoms with Crippen LogP contribution in [0.15, 0.2) is 59.8 Å². The first-order valence-electron chi connectivity index (χ1n) is 8.99. The summed E-state index contributed by atoms with van der Waals surface area (Å²) in [6.45, 7) is 2.22. The summed E-state index contributed by atoms with van der Waals surface area (Å²) in [5, 5.41) is 7.77. The molecule has 0 saturated carbocycles. The molecule has 2 aromatic carbocycles. The quantitative estimate of drug-likeness (QED) is 0.322. The number of thioether (sulfide) groups is 1. The molecule has 0 radical (unpaired) electrons. The summed E-state index contributed by atoms with van der Waals surface area (Å²) < 4.78 is 0. The van der Waals surface area contributed by atoms with Crippen LogP contribution in [0.2, 0.25) is 0 Å². The molecule has 1 heterocycles. The van der Waals surface area contributed by atoms with Gasteiger partial charge in [-0.25, -0.2) is 4.98 Å². The van der Waals surface area contributed by atoms with Crippen LogP contribution in [0.5, 0.6) is 0 Å². The van der Waals surface area contributed by atoms with E-state index in [9.17, 15) is 4.79 Å². The number of benzene rings is 2. The van der Waals surface area contributed by atoms with E-state index in [1.165, 1.54) is 36.6 Å². The largest absolute Gasteiger partial charge is 0.293 e. The van der Waals surface area contributed by atoms with Crippen LogP contribution in [-0.4, -0.2) is 26.7 Å². The molecule has 4 nitrogen and oxygen atoms in total. The molecule has 0 bridgehead atoms. The van der Waals surface area contributed by atoms with Gasteiger partial charge in [-0.15, -0.1) is 5.10 Å². The molecule has 0 aliphatic carbocycles. The minimum atomic E-state index is 0.0818. The minimum absolute atomic E-state index is 0.0818. The average molecular weight is 366 g/mol. The molecule has 3 aromatic rings. The number of ketones is 1. The lowest BCUT2D eigenvalue weighted by atomic mass is 10.1. The lowest BCUT2D eigenvalue weighted by Crippen LogP contribution is -2.01. The Labute approximate surface area is 158 Å². The summed E-state index contributed by atoms with van der Waals surface area (Å²) in [6.07, 6.45) is 4.86. The van der Waals surface area contributed by atoms with Gasteiger partial charge in [-0.05, 0) is 18.4 Å². The molecule has 26 heavy (non-hydrogen) atoms. The fourth-order valence-electron chi connectivity index (χ4n) is 2.69. The van der Waals surface area contributed by atoms with Crippen LogP contribution in [-0.2, 0) is 6.42 Å². The van der Waals surface area contributed by atoms with Gasteiger partial charge in [-0.2, -0.15) is 0 Å². The van der Waals surface area contributed by atoms with Crippen molar-refractivity contribution in [2.75, 3.05) is 5.75 Å². The zero-order valence-electron chi connectivity index (χ0n) is 14.9. The maximum atomic E-state index is 12.2. The minimum Gasteiger partial charge on any atom is -0.293 e. The van der Waals surface area contributed by atoms with Crippen LogP contribution in [0.3, 0.4) is 0 Å². The van der Waals surface area contributed by atoms with Crippen LogP contribution in [0.25, 0.3) is 11.4 Å². The van der Waals surface area contributed by atoms with Gasteiger partial charge in [0, 0.05) is 11.1 Å². The molecule has 0 aliphatic rings. The van der Waals surface area contributed by atoms with E-state index < -0.39 is 0 Å². The molecular formula is C21H23N3OS. The van der Waals surface area contributed by atoms with E-state index in [4.69, 9.17) is 0 Å². The summed E-state index contributed by atoms with van der Waals surface area (Å²) >= 11 is 1.35. The van der Waals surface area contributed by atoms with Crippen LogP contribution in [0.4, 0.5) is 0 Å². The molecule has 3 rings (SSSR count). The Morgan fingerprint density at radius 1 is 1.04 bits per heavy atom. The molecule has 0 fully saturated rings. The monoisotopic (exact) mass is 365 g/mol. The van der Waals surface area contributed by atoms with E-state index in [1.807, 2.05) is 30.3 Å². The van der Waals surface area contributed by atoms with E-state index >= 15 is 0 Å². The average Bonchev–Trinajstić information content (AvgIpc) is 3.16. The Morgan fingerprint density at radius 3 is 2.54 bits per heavy atom. The molecule has 0 saturated heterocycles. The van der Waals surface area contributed by atoms with Crippen molar-refractivity contribution < 1.29 is 4.79 Å². The number of aromatic amines is 1. The Balaban J connectivity index is 1.56. The smallest absolute Gasteiger partial charge is 0.209 e. The number of Topliss-reactive ketones (excluding diaryl/α,β-unsaturated/α-hetero) is 1. The van der Waals surface area contributed by atoms with E-state index in [-0.39, 0.29) is 5.78 Å². The van der Waals surface area contributed by atoms with Gasteiger partial charge in [0.25, 0.3) is 0 Å². The molecule has 0 amide bonds. The van der Waals surface area contributed by atoms with Gasteiger partial charge >= 0.3 is 0 Å². The van der Waals surface area contributed by atoms with Crippen molar-refractivity contribution in [3.63, 3.8) is 0 Å². The Bertz CT molecular complexity index is 828. The molecule has 0 unspecified atom stereocenters. The topological polar surface area (TPSA) is 58.6 Å². The number of carbonyl (C=O) groups is 1. The molecule has 0 spiro atoms. The predicted octanol–water partition coefficient (Wildman–Crippen LogP) is 5.18. The molecule has 0 atom stereocenters. The number of hydrogen-bond donors (Lipinski definition) is 1. The van der Waals surface area contributed by atoms with Gasteiger partial charge in [0.1, 0.15) is 0 Å². The lowest BCUT2D eigenvalue weighted by molar-refractivity contribution is 0.102. The SMILES string of the molecule is CCCCCc1ccc(-c2nc(SCC(=O)c3ccccc3)n[nH]2)cc1. The van der Waals surface area contributed by atoms with Gasteiger partial charge in [0.05, 0.1) is 5.75 Å². The molecule has 134 valence electrons. The number of H-pyrrole nitrogens is 1. The second kappa shape index (κ2) is 9.34. The van der Waals surface area contributed by atoms with Gasteiger partial charge in [0.2, 0.25) is 5.16 Å². The molecule has 0 aliphatic heterocycles. The maximum absolute atomic E-state index is 12.2. The molecule has 5 heteroatoms. The first-order chi connectivity index (χ1) is 12.8. The van der Waals surface area contributed by atoms with Gasteiger partial charge in [0.15, 0.2) is 11.6 Å². The van der Waals surface area contributed by atoms with Gasteiger partial charge < -0.3 is 0 Å². The highest BCUT2D eigenvalue weighted by Gasteiger charge is 2.10. The fraction of sp³-hybridized carbons (Fsp3) is 0.286. The van der Waals surface area contributed by atoms with Crippen molar-refractivity contribution in [1.29, 1.82) is 0 Å². The van der Waals surface area contributed by atoms with E-state index in [0.717, 1.165) is 23.4 Å². The predicted molar refractivity (Wildman–Crippen MR) is 107 cm³/mol. The normalized spacial score (nSPS) is 10.8. The van der Waals surface area contributed by atoms with Crippen molar-refractivity contribution in [3.05, 3.63) is 65.7 Å². The summed E-state index contributed by atoms with van der Waals surface area (Å²) in [7, 11) is 0. The highest BCUT2D eigenvalue weighted by molar-refractivity contribution is 7.99. The van der Waals surface area contributed by atoms with Crippen molar-refractivity contribution >= 4 is 17.5 Å². The second-order valence-electron chi connectivity index (χ2n) is 6.20. The highest BCUT2D eigenvalue weighted by atomic mass is 32.2. The van der Waals surface area contributed by atoms with E-state index in [0.29, 0.717) is 10.9 Å². The summed E-state index contributed by atoms with van der Waals surface area (Å²) in [5.41, 5.74) is 3.08. The van der Waals surface area contributed by atoms with E-state index in [2.05, 4.69) is 46.4 Å². The van der Waals surface area contributed by atoms with Crippen LogP contribution in [0, 0.1) is 0 Å². The zero-order valence-corrected chi connectivity index (χ0v) is 15.8. The number of hydrogen-bond acceptors (Lipinski definition) is 4. The second-order valence-corrected chi connectivity index (χ2v) is 7.14. The Kier molecular flexibility index (Phi) is 6.61. The Hall–Kier alpha value is -2.40. The number of rotatable bonds is 9. The zero-order chi connectivity index (χ0) is 18.2. The standard InChI is InChI=1S/C21H23N3OS/c1-2-3-5-8-16-11-13-18(14-12-16)20-22-21(24-23-20)26-15-19(25)17-9-6-4-7-10-17/h4,6-7,9-14H,2-3,5,8,15H2,1H3,(H,22,23,24).